The lowest BCUT2D eigenvalue weighted by Crippen LogP contribution is -2.44. The zero-order valence-corrected chi connectivity index (χ0v) is 13.7. The van der Waals surface area contributed by atoms with Gasteiger partial charge in [-0.25, -0.2) is 13.2 Å². The van der Waals surface area contributed by atoms with E-state index in [1.807, 2.05) is 0 Å². The number of carbonyl (C=O) groups is 2. The van der Waals surface area contributed by atoms with Gasteiger partial charge in [-0.1, -0.05) is 32.9 Å². The minimum Gasteiger partial charge on any atom is -0.480 e. The second kappa shape index (κ2) is 7.40. The molecule has 1 aromatic carbocycles. The van der Waals surface area contributed by atoms with Crippen molar-refractivity contribution >= 4 is 21.7 Å². The van der Waals surface area contributed by atoms with Gasteiger partial charge in [0.15, 0.2) is 9.84 Å². The van der Waals surface area contributed by atoms with E-state index < -0.39 is 27.8 Å². The number of nitrogens with one attached hydrogen (secondary N) is 1. The van der Waals surface area contributed by atoms with Crippen LogP contribution in [0.15, 0.2) is 29.2 Å². The molecule has 0 radical (unpaired) electrons. The third kappa shape index (κ3) is 4.84. The van der Waals surface area contributed by atoms with Crippen molar-refractivity contribution < 1.29 is 23.1 Å². The molecule has 0 bridgehead atoms. The molecule has 0 saturated carbocycles. The minimum atomic E-state index is -3.26. The van der Waals surface area contributed by atoms with Gasteiger partial charge in [-0.2, -0.15) is 0 Å². The molecule has 0 aliphatic heterocycles. The number of carboxylic acids is 1. The van der Waals surface area contributed by atoms with Gasteiger partial charge in [-0.15, -0.1) is 0 Å². The van der Waals surface area contributed by atoms with E-state index in [0.717, 1.165) is 0 Å². The fraction of sp³-hybridized carbons (Fsp3) is 0.467. The predicted octanol–water partition coefficient (Wildman–Crippen LogP) is 1.25. The van der Waals surface area contributed by atoms with Crippen LogP contribution in [0.1, 0.15) is 26.3 Å². The lowest BCUT2D eigenvalue weighted by Gasteiger charge is -2.17. The van der Waals surface area contributed by atoms with Crippen LogP contribution in [0, 0.1) is 5.92 Å². The van der Waals surface area contributed by atoms with Gasteiger partial charge in [-0.3, -0.25) is 4.79 Å². The third-order valence-electron chi connectivity index (χ3n) is 3.28. The predicted molar refractivity (Wildman–Crippen MR) is 82.3 cm³/mol. The SMILES string of the molecule is CCS(=O)(=O)c1ccc(CC(=O)N[C@H](C(=O)O)C(C)C)cc1. The molecule has 1 atom stereocenters. The summed E-state index contributed by atoms with van der Waals surface area (Å²) in [4.78, 5) is 23.1. The average molecular weight is 327 g/mol. The first-order valence-corrected chi connectivity index (χ1v) is 8.66. The van der Waals surface area contributed by atoms with Gasteiger partial charge in [0.2, 0.25) is 5.91 Å². The average Bonchev–Trinajstić information content (AvgIpc) is 2.44. The molecule has 0 aliphatic carbocycles. The third-order valence-corrected chi connectivity index (χ3v) is 5.03. The number of hydrogen-bond donors (Lipinski definition) is 2. The Morgan fingerprint density at radius 2 is 1.73 bits per heavy atom. The first kappa shape index (κ1) is 18.2. The molecule has 122 valence electrons. The molecule has 0 aliphatic rings. The molecule has 1 rings (SSSR count). The summed E-state index contributed by atoms with van der Waals surface area (Å²) in [7, 11) is -3.26. The van der Waals surface area contributed by atoms with Crippen molar-refractivity contribution in [1.29, 1.82) is 0 Å². The Hall–Kier alpha value is -1.89. The van der Waals surface area contributed by atoms with Crippen LogP contribution in [-0.2, 0) is 25.8 Å². The molecular formula is C15H21NO5S. The number of amides is 1. The summed E-state index contributed by atoms with van der Waals surface area (Å²) in [6, 6.07) is 5.10. The number of rotatable bonds is 7. The second-order valence-corrected chi connectivity index (χ2v) is 7.63. The van der Waals surface area contributed by atoms with E-state index in [9.17, 15) is 18.0 Å². The zero-order chi connectivity index (χ0) is 16.9. The first-order chi connectivity index (χ1) is 10.2. The van der Waals surface area contributed by atoms with Crippen LogP contribution in [0.4, 0.5) is 0 Å². The normalized spacial score (nSPS) is 12.9. The highest BCUT2D eigenvalue weighted by Gasteiger charge is 2.23. The van der Waals surface area contributed by atoms with Crippen LogP contribution >= 0.6 is 0 Å². The molecule has 22 heavy (non-hydrogen) atoms. The zero-order valence-electron chi connectivity index (χ0n) is 12.9. The largest absolute Gasteiger partial charge is 0.480 e. The van der Waals surface area contributed by atoms with Gasteiger partial charge in [0, 0.05) is 0 Å². The van der Waals surface area contributed by atoms with Gasteiger partial charge < -0.3 is 10.4 Å². The molecule has 0 aromatic heterocycles. The van der Waals surface area contributed by atoms with Crippen molar-refractivity contribution in [3.63, 3.8) is 0 Å². The molecule has 0 spiro atoms. The maximum absolute atomic E-state index is 11.9. The number of aliphatic carboxylic acids is 1. The van der Waals surface area contributed by atoms with E-state index in [1.54, 1.807) is 32.9 Å². The number of sulfone groups is 1. The Balaban J connectivity index is 2.75. The summed E-state index contributed by atoms with van der Waals surface area (Å²) >= 11 is 0. The van der Waals surface area contributed by atoms with Crippen molar-refractivity contribution in [2.45, 2.75) is 38.1 Å². The van der Waals surface area contributed by atoms with Crippen molar-refractivity contribution in [2.75, 3.05) is 5.75 Å². The lowest BCUT2D eigenvalue weighted by atomic mass is 10.0. The first-order valence-electron chi connectivity index (χ1n) is 7.01. The van der Waals surface area contributed by atoms with Crippen molar-refractivity contribution in [3.05, 3.63) is 29.8 Å². The Morgan fingerprint density at radius 1 is 1.18 bits per heavy atom. The molecule has 1 aromatic rings. The Kier molecular flexibility index (Phi) is 6.11. The molecule has 0 fully saturated rings. The lowest BCUT2D eigenvalue weighted by molar-refractivity contribution is -0.143. The summed E-state index contributed by atoms with van der Waals surface area (Å²) in [6.07, 6.45) is 0.00293. The van der Waals surface area contributed by atoms with E-state index in [4.69, 9.17) is 5.11 Å². The maximum atomic E-state index is 11.9. The van der Waals surface area contributed by atoms with Gasteiger partial charge in [0.05, 0.1) is 17.1 Å². The molecule has 0 saturated heterocycles. The molecule has 0 heterocycles. The number of benzene rings is 1. The highest BCUT2D eigenvalue weighted by molar-refractivity contribution is 7.91. The monoisotopic (exact) mass is 327 g/mol. The molecule has 0 unspecified atom stereocenters. The number of hydrogen-bond acceptors (Lipinski definition) is 4. The van der Waals surface area contributed by atoms with Crippen LogP contribution in [0.2, 0.25) is 0 Å². The maximum Gasteiger partial charge on any atom is 0.326 e. The van der Waals surface area contributed by atoms with E-state index >= 15 is 0 Å². The van der Waals surface area contributed by atoms with Gasteiger partial charge >= 0.3 is 5.97 Å². The quantitative estimate of drug-likeness (QED) is 0.785. The van der Waals surface area contributed by atoms with E-state index in [2.05, 4.69) is 5.32 Å². The number of carboxylic acid groups (broad SMARTS) is 1. The standard InChI is InChI=1S/C15H21NO5S/c1-4-22(20,21)12-7-5-11(6-8-12)9-13(17)16-14(10(2)3)15(18)19/h5-8,10,14H,4,9H2,1-3H3,(H,16,17)(H,18,19)/t14-/m0/s1. The van der Waals surface area contributed by atoms with E-state index in [0.29, 0.717) is 5.56 Å². The van der Waals surface area contributed by atoms with Crippen molar-refractivity contribution in [2.24, 2.45) is 5.92 Å². The summed E-state index contributed by atoms with van der Waals surface area (Å²) in [5.74, 6) is -1.69. The molecule has 2 N–H and O–H groups in total. The van der Waals surface area contributed by atoms with Crippen molar-refractivity contribution in [3.8, 4) is 0 Å². The van der Waals surface area contributed by atoms with Gasteiger partial charge in [0.1, 0.15) is 6.04 Å². The summed E-state index contributed by atoms with van der Waals surface area (Å²) < 4.78 is 23.4. The van der Waals surface area contributed by atoms with Gasteiger partial charge in [0.25, 0.3) is 0 Å². The summed E-state index contributed by atoms with van der Waals surface area (Å²) in [5.41, 5.74) is 0.625. The summed E-state index contributed by atoms with van der Waals surface area (Å²) in [5, 5.41) is 11.5. The summed E-state index contributed by atoms with van der Waals surface area (Å²) in [6.45, 7) is 4.99. The Bertz CT molecular complexity index is 634. The Morgan fingerprint density at radius 3 is 2.14 bits per heavy atom. The highest BCUT2D eigenvalue weighted by Crippen LogP contribution is 2.13. The fourth-order valence-electron chi connectivity index (χ4n) is 1.90. The van der Waals surface area contributed by atoms with E-state index in [-0.39, 0.29) is 23.0 Å². The minimum absolute atomic E-state index is 0.00293. The molecule has 6 nitrogen and oxygen atoms in total. The second-order valence-electron chi connectivity index (χ2n) is 5.35. The van der Waals surface area contributed by atoms with Crippen molar-refractivity contribution in [1.82, 2.24) is 5.32 Å². The topological polar surface area (TPSA) is 101 Å². The molecule has 1 amide bonds. The van der Waals surface area contributed by atoms with Crippen LogP contribution in [0.25, 0.3) is 0 Å². The fourth-order valence-corrected chi connectivity index (χ4v) is 2.79. The molecular weight excluding hydrogens is 306 g/mol. The van der Waals surface area contributed by atoms with Crippen LogP contribution < -0.4 is 5.32 Å². The number of carbonyl (C=O) groups excluding carboxylic acids is 1. The smallest absolute Gasteiger partial charge is 0.326 e. The molecule has 7 heteroatoms. The van der Waals surface area contributed by atoms with E-state index in [1.165, 1.54) is 12.1 Å². The van der Waals surface area contributed by atoms with Crippen LogP contribution in [0.3, 0.4) is 0 Å². The Labute approximate surface area is 130 Å². The van der Waals surface area contributed by atoms with Gasteiger partial charge in [-0.05, 0) is 23.6 Å². The highest BCUT2D eigenvalue weighted by atomic mass is 32.2. The van der Waals surface area contributed by atoms with Crippen LogP contribution in [-0.4, -0.2) is 37.2 Å². The van der Waals surface area contributed by atoms with Crippen LogP contribution in [0.5, 0.6) is 0 Å².